The summed E-state index contributed by atoms with van der Waals surface area (Å²) in [6.07, 6.45) is 12.5. The van der Waals surface area contributed by atoms with Crippen LogP contribution < -0.4 is 0 Å². The lowest BCUT2D eigenvalue weighted by Crippen LogP contribution is -2.28. The van der Waals surface area contributed by atoms with Crippen LogP contribution in [-0.4, -0.2) is 8.80 Å². The summed E-state index contributed by atoms with van der Waals surface area (Å²) in [4.78, 5) is 0. The van der Waals surface area contributed by atoms with Gasteiger partial charge in [0, 0.05) is 14.7 Å². The van der Waals surface area contributed by atoms with Crippen molar-refractivity contribution in [1.29, 1.82) is 5.26 Å². The highest BCUT2D eigenvalue weighted by molar-refractivity contribution is 6.58. The minimum Gasteiger partial charge on any atom is -0.198 e. The van der Waals surface area contributed by atoms with Crippen LogP contribution in [0.25, 0.3) is 0 Å². The second-order valence-electron chi connectivity index (χ2n) is 6.79. The Balaban J connectivity index is 1.65. The molecule has 2 heteroatoms. The van der Waals surface area contributed by atoms with E-state index >= 15 is 0 Å². The van der Waals surface area contributed by atoms with Gasteiger partial charge in [-0.3, -0.25) is 0 Å². The van der Waals surface area contributed by atoms with E-state index in [0.717, 1.165) is 11.8 Å². The fourth-order valence-corrected chi connectivity index (χ4v) is 7.17. The number of hydrogen-bond donors (Lipinski definition) is 0. The molecule has 107 valence electrons. The first-order valence-corrected chi connectivity index (χ1v) is 10.7. The summed E-state index contributed by atoms with van der Waals surface area (Å²) in [7, 11) is 0.0417. The molecule has 1 saturated carbocycles. The molecule has 0 unspecified atom stereocenters. The lowest BCUT2D eigenvalue weighted by Gasteiger charge is -2.36. The maximum atomic E-state index is 8.98. The Kier molecular flexibility index (Phi) is 6.44. The van der Waals surface area contributed by atoms with Crippen molar-refractivity contribution in [2.75, 3.05) is 0 Å². The molecule has 1 nitrogen and oxygen atoms in total. The summed E-state index contributed by atoms with van der Waals surface area (Å²) in [5, 5.41) is 8.98. The molecule has 0 aromatic heterocycles. The molecule has 0 bridgehead atoms. The van der Waals surface area contributed by atoms with Crippen LogP contribution in [0.4, 0.5) is 0 Å². The maximum absolute atomic E-state index is 8.98. The van der Waals surface area contributed by atoms with Crippen molar-refractivity contribution >= 4 is 8.80 Å². The fourth-order valence-electron chi connectivity index (χ4n) is 4.11. The lowest BCUT2D eigenvalue weighted by atomic mass is 9.74. The Morgan fingerprint density at radius 3 is 2.16 bits per heavy atom. The van der Waals surface area contributed by atoms with Gasteiger partial charge in [-0.05, 0) is 37.5 Å². The van der Waals surface area contributed by atoms with Crippen molar-refractivity contribution < 1.29 is 0 Å². The Morgan fingerprint density at radius 2 is 1.58 bits per heavy atom. The van der Waals surface area contributed by atoms with E-state index in [-0.39, 0.29) is 8.80 Å². The van der Waals surface area contributed by atoms with Crippen LogP contribution in [0.2, 0.25) is 18.1 Å². The van der Waals surface area contributed by atoms with Gasteiger partial charge in [0.25, 0.3) is 0 Å². The van der Waals surface area contributed by atoms with E-state index in [1.54, 1.807) is 18.1 Å². The Bertz CT molecular complexity index is 280. The van der Waals surface area contributed by atoms with Gasteiger partial charge in [-0.25, -0.2) is 0 Å². The zero-order chi connectivity index (χ0) is 13.5. The predicted octanol–water partition coefficient (Wildman–Crippen LogP) is 5.41. The van der Waals surface area contributed by atoms with Crippen molar-refractivity contribution in [1.82, 2.24) is 0 Å². The first-order valence-electron chi connectivity index (χ1n) is 8.56. The molecule has 1 aliphatic heterocycles. The van der Waals surface area contributed by atoms with Gasteiger partial charge in [0.05, 0.1) is 6.07 Å². The second kappa shape index (κ2) is 8.10. The van der Waals surface area contributed by atoms with Gasteiger partial charge in [-0.1, -0.05) is 57.2 Å². The average Bonchev–Trinajstić information content (AvgIpc) is 2.48. The van der Waals surface area contributed by atoms with Gasteiger partial charge >= 0.3 is 0 Å². The smallest absolute Gasteiger partial charge is 0.0655 e. The third-order valence-corrected chi connectivity index (χ3v) is 8.54. The summed E-state index contributed by atoms with van der Waals surface area (Å²) in [6, 6.07) is 7.25. The molecule has 1 heterocycles. The Labute approximate surface area is 121 Å². The van der Waals surface area contributed by atoms with Crippen LogP contribution >= 0.6 is 0 Å². The van der Waals surface area contributed by atoms with Crippen molar-refractivity contribution in [3.8, 4) is 6.07 Å². The SMILES string of the molecule is CCCCC[Si]1CCC(C2CCC(C#N)CC2)CC1. The van der Waals surface area contributed by atoms with Crippen LogP contribution in [0.15, 0.2) is 0 Å². The largest absolute Gasteiger partial charge is 0.198 e. The molecule has 2 rings (SSSR count). The van der Waals surface area contributed by atoms with Crippen LogP contribution in [0.5, 0.6) is 0 Å². The normalized spacial score (nSPS) is 30.1. The first-order chi connectivity index (χ1) is 9.33. The molecule has 0 aromatic carbocycles. The summed E-state index contributed by atoms with van der Waals surface area (Å²) in [5.41, 5.74) is 0. The summed E-state index contributed by atoms with van der Waals surface area (Å²) in [6.45, 7) is 2.31. The Hall–Kier alpha value is -0.293. The molecule has 0 spiro atoms. The summed E-state index contributed by atoms with van der Waals surface area (Å²) >= 11 is 0. The number of nitrogens with zero attached hydrogens (tertiary/aromatic N) is 1. The van der Waals surface area contributed by atoms with Gasteiger partial charge in [0.2, 0.25) is 0 Å². The molecule has 2 aliphatic rings. The topological polar surface area (TPSA) is 23.8 Å². The Morgan fingerprint density at radius 1 is 0.947 bits per heavy atom. The highest BCUT2D eigenvalue weighted by Gasteiger charge is 2.30. The number of rotatable bonds is 5. The average molecular weight is 277 g/mol. The second-order valence-corrected chi connectivity index (χ2v) is 9.79. The highest BCUT2D eigenvalue weighted by Crippen LogP contribution is 2.40. The van der Waals surface area contributed by atoms with E-state index in [1.807, 2.05) is 0 Å². The van der Waals surface area contributed by atoms with E-state index in [0.29, 0.717) is 5.92 Å². The van der Waals surface area contributed by atoms with Gasteiger partial charge in [-0.2, -0.15) is 5.26 Å². The van der Waals surface area contributed by atoms with Crippen LogP contribution in [-0.2, 0) is 0 Å². The summed E-state index contributed by atoms with van der Waals surface area (Å²) in [5.74, 6) is 2.39. The van der Waals surface area contributed by atoms with Gasteiger partial charge in [0.1, 0.15) is 0 Å². The third kappa shape index (κ3) is 4.63. The standard InChI is InChI=1S/C17H30NSi/c1-2-3-4-11-19-12-9-17(10-13-19)16-7-5-15(14-18)6-8-16/h15-17H,2-13H2,1H3. The van der Waals surface area contributed by atoms with Crippen molar-refractivity contribution in [2.24, 2.45) is 17.8 Å². The van der Waals surface area contributed by atoms with E-state index in [4.69, 9.17) is 5.26 Å². The zero-order valence-corrected chi connectivity index (χ0v) is 13.7. The van der Waals surface area contributed by atoms with Crippen molar-refractivity contribution in [2.45, 2.75) is 82.8 Å². The molecule has 1 saturated heterocycles. The first kappa shape index (κ1) is 15.1. The third-order valence-electron chi connectivity index (χ3n) is 5.49. The van der Waals surface area contributed by atoms with Crippen molar-refractivity contribution in [3.05, 3.63) is 0 Å². The summed E-state index contributed by atoms with van der Waals surface area (Å²) < 4.78 is 0. The van der Waals surface area contributed by atoms with Gasteiger partial charge in [0.15, 0.2) is 0 Å². The quantitative estimate of drug-likeness (QED) is 0.486. The molecular formula is C17H30NSi. The van der Waals surface area contributed by atoms with Crippen LogP contribution in [0.1, 0.15) is 64.7 Å². The van der Waals surface area contributed by atoms with Gasteiger partial charge in [-0.15, -0.1) is 0 Å². The van der Waals surface area contributed by atoms with E-state index in [9.17, 15) is 0 Å². The molecular weight excluding hydrogens is 246 g/mol. The molecule has 19 heavy (non-hydrogen) atoms. The molecule has 0 N–H and O–H groups in total. The molecule has 2 fully saturated rings. The minimum atomic E-state index is 0.0417. The van der Waals surface area contributed by atoms with Crippen LogP contribution in [0, 0.1) is 29.1 Å². The minimum absolute atomic E-state index is 0.0417. The fraction of sp³-hybridized carbons (Fsp3) is 0.941. The van der Waals surface area contributed by atoms with Crippen molar-refractivity contribution in [3.63, 3.8) is 0 Å². The molecule has 0 atom stereocenters. The molecule has 0 aromatic rings. The monoisotopic (exact) mass is 276 g/mol. The number of unbranched alkanes of at least 4 members (excludes halogenated alkanes) is 2. The number of nitriles is 1. The maximum Gasteiger partial charge on any atom is 0.0655 e. The molecule has 1 radical (unpaired) electrons. The molecule has 0 amide bonds. The van der Waals surface area contributed by atoms with E-state index in [1.165, 1.54) is 57.8 Å². The van der Waals surface area contributed by atoms with Crippen LogP contribution in [0.3, 0.4) is 0 Å². The van der Waals surface area contributed by atoms with E-state index < -0.39 is 0 Å². The number of hydrogen-bond acceptors (Lipinski definition) is 1. The van der Waals surface area contributed by atoms with E-state index in [2.05, 4.69) is 13.0 Å². The zero-order valence-electron chi connectivity index (χ0n) is 12.7. The molecule has 1 aliphatic carbocycles. The van der Waals surface area contributed by atoms with Gasteiger partial charge < -0.3 is 0 Å². The lowest BCUT2D eigenvalue weighted by molar-refractivity contribution is 0.210. The highest BCUT2D eigenvalue weighted by atomic mass is 28.3. The predicted molar refractivity (Wildman–Crippen MR) is 83.5 cm³/mol.